The van der Waals surface area contributed by atoms with Crippen LogP contribution in [-0.4, -0.2) is 38.5 Å². The van der Waals surface area contributed by atoms with E-state index in [2.05, 4.69) is 12.2 Å². The predicted octanol–water partition coefficient (Wildman–Crippen LogP) is 1.96. The van der Waals surface area contributed by atoms with Gasteiger partial charge in [0.05, 0.1) is 6.61 Å². The molecule has 0 amide bonds. The van der Waals surface area contributed by atoms with Crippen molar-refractivity contribution in [3.63, 3.8) is 0 Å². The maximum Gasteiger partial charge on any atom is 0.106 e. The van der Waals surface area contributed by atoms with Crippen molar-refractivity contribution in [1.82, 2.24) is 5.32 Å². The number of nitrogens with one attached hydrogen (secondary N) is 1. The maximum atomic E-state index is 5.62. The minimum atomic E-state index is -0.0525. The largest absolute Gasteiger partial charge is 0.378 e. The van der Waals surface area contributed by atoms with Crippen LogP contribution in [0.5, 0.6) is 0 Å². The lowest BCUT2D eigenvalue weighted by molar-refractivity contribution is -0.0184. The van der Waals surface area contributed by atoms with Crippen molar-refractivity contribution < 1.29 is 9.47 Å². The van der Waals surface area contributed by atoms with E-state index >= 15 is 0 Å². The first kappa shape index (κ1) is 12.3. The van der Waals surface area contributed by atoms with Crippen molar-refractivity contribution in [2.45, 2.75) is 50.7 Å². The molecule has 1 unspecified atom stereocenters. The van der Waals surface area contributed by atoms with Gasteiger partial charge in [0.15, 0.2) is 0 Å². The van der Waals surface area contributed by atoms with E-state index in [1.165, 1.54) is 25.7 Å². The van der Waals surface area contributed by atoms with Crippen LogP contribution in [0, 0.1) is 5.92 Å². The zero-order chi connectivity index (χ0) is 11.4. The van der Waals surface area contributed by atoms with Crippen LogP contribution < -0.4 is 5.32 Å². The van der Waals surface area contributed by atoms with Gasteiger partial charge in [0.25, 0.3) is 0 Å². The van der Waals surface area contributed by atoms with Crippen molar-refractivity contribution >= 4 is 0 Å². The summed E-state index contributed by atoms with van der Waals surface area (Å²) >= 11 is 0. The molecule has 3 heteroatoms. The lowest BCUT2D eigenvalue weighted by Crippen LogP contribution is -2.47. The van der Waals surface area contributed by atoms with E-state index in [0.29, 0.717) is 6.04 Å². The average molecular weight is 227 g/mol. The Morgan fingerprint density at radius 2 is 2.06 bits per heavy atom. The predicted molar refractivity (Wildman–Crippen MR) is 64.6 cm³/mol. The fourth-order valence-corrected chi connectivity index (χ4v) is 2.76. The van der Waals surface area contributed by atoms with Crippen molar-refractivity contribution in [1.29, 1.82) is 0 Å². The van der Waals surface area contributed by atoms with Gasteiger partial charge in [0, 0.05) is 32.7 Å². The molecule has 2 fully saturated rings. The van der Waals surface area contributed by atoms with Crippen molar-refractivity contribution in [3.8, 4) is 0 Å². The highest BCUT2D eigenvalue weighted by molar-refractivity contribution is 4.89. The molecule has 0 bridgehead atoms. The van der Waals surface area contributed by atoms with Gasteiger partial charge in [0.2, 0.25) is 0 Å². The van der Waals surface area contributed by atoms with Gasteiger partial charge in [-0.05, 0) is 31.6 Å². The monoisotopic (exact) mass is 227 g/mol. The molecule has 3 nitrogen and oxygen atoms in total. The Kier molecular flexibility index (Phi) is 4.22. The Morgan fingerprint density at radius 1 is 1.31 bits per heavy atom. The lowest BCUT2D eigenvalue weighted by Gasteiger charge is -2.32. The van der Waals surface area contributed by atoms with E-state index < -0.39 is 0 Å². The first-order valence-electron chi connectivity index (χ1n) is 6.60. The van der Waals surface area contributed by atoms with Crippen LogP contribution in [0.15, 0.2) is 0 Å². The third-order valence-electron chi connectivity index (χ3n) is 4.23. The first-order valence-corrected chi connectivity index (χ1v) is 6.60. The van der Waals surface area contributed by atoms with Crippen LogP contribution in [0.1, 0.15) is 39.0 Å². The SMILES string of the molecule is COC1(CNC2CCC(C)CC2)CCOC1. The van der Waals surface area contributed by atoms with E-state index in [1.807, 2.05) is 0 Å². The van der Waals surface area contributed by atoms with E-state index in [4.69, 9.17) is 9.47 Å². The van der Waals surface area contributed by atoms with Crippen molar-refractivity contribution in [2.24, 2.45) is 5.92 Å². The summed E-state index contributed by atoms with van der Waals surface area (Å²) in [7, 11) is 1.80. The molecular weight excluding hydrogens is 202 g/mol. The molecule has 0 aromatic carbocycles. The van der Waals surface area contributed by atoms with E-state index in [0.717, 1.165) is 32.1 Å². The summed E-state index contributed by atoms with van der Waals surface area (Å²) in [5.41, 5.74) is -0.0525. The Bertz CT molecular complexity index is 206. The van der Waals surface area contributed by atoms with Gasteiger partial charge in [-0.1, -0.05) is 6.92 Å². The summed E-state index contributed by atoms with van der Waals surface area (Å²) in [4.78, 5) is 0. The molecule has 0 radical (unpaired) electrons. The maximum absolute atomic E-state index is 5.62. The fraction of sp³-hybridized carbons (Fsp3) is 1.00. The fourth-order valence-electron chi connectivity index (χ4n) is 2.76. The topological polar surface area (TPSA) is 30.5 Å². The highest BCUT2D eigenvalue weighted by Gasteiger charge is 2.35. The number of hydrogen-bond acceptors (Lipinski definition) is 3. The lowest BCUT2D eigenvalue weighted by atomic mass is 9.87. The summed E-state index contributed by atoms with van der Waals surface area (Å²) in [5, 5.41) is 3.67. The third kappa shape index (κ3) is 2.96. The Labute approximate surface area is 98.9 Å². The average Bonchev–Trinajstić information content (AvgIpc) is 2.78. The molecule has 0 aromatic rings. The van der Waals surface area contributed by atoms with E-state index in [-0.39, 0.29) is 5.60 Å². The molecule has 2 rings (SSSR count). The second-order valence-electron chi connectivity index (χ2n) is 5.53. The number of methoxy groups -OCH3 is 1. The Morgan fingerprint density at radius 3 is 2.62 bits per heavy atom. The summed E-state index contributed by atoms with van der Waals surface area (Å²) in [6.45, 7) is 4.90. The highest BCUT2D eigenvalue weighted by atomic mass is 16.5. The molecule has 0 aromatic heterocycles. The summed E-state index contributed by atoms with van der Waals surface area (Å²) in [5.74, 6) is 0.921. The molecule has 1 saturated heterocycles. The van der Waals surface area contributed by atoms with Gasteiger partial charge >= 0.3 is 0 Å². The van der Waals surface area contributed by atoms with E-state index in [1.54, 1.807) is 7.11 Å². The summed E-state index contributed by atoms with van der Waals surface area (Å²) in [6.07, 6.45) is 6.41. The number of rotatable bonds is 4. The summed E-state index contributed by atoms with van der Waals surface area (Å²) < 4.78 is 11.1. The number of hydrogen-bond donors (Lipinski definition) is 1. The Balaban J connectivity index is 1.73. The van der Waals surface area contributed by atoms with Gasteiger partial charge in [-0.2, -0.15) is 0 Å². The summed E-state index contributed by atoms with van der Waals surface area (Å²) in [6, 6.07) is 0.698. The minimum absolute atomic E-state index is 0.0525. The van der Waals surface area contributed by atoms with Gasteiger partial charge in [-0.15, -0.1) is 0 Å². The van der Waals surface area contributed by atoms with E-state index in [9.17, 15) is 0 Å². The standard InChI is InChI=1S/C13H25NO2/c1-11-3-5-12(6-4-11)14-9-13(15-2)7-8-16-10-13/h11-12,14H,3-10H2,1-2H3. The molecule has 2 aliphatic rings. The second kappa shape index (κ2) is 5.48. The van der Waals surface area contributed by atoms with Gasteiger partial charge in [0.1, 0.15) is 5.60 Å². The zero-order valence-corrected chi connectivity index (χ0v) is 10.6. The van der Waals surface area contributed by atoms with Crippen LogP contribution >= 0.6 is 0 Å². The van der Waals surface area contributed by atoms with Gasteiger partial charge in [-0.3, -0.25) is 0 Å². The van der Waals surface area contributed by atoms with Crippen LogP contribution in [0.4, 0.5) is 0 Å². The van der Waals surface area contributed by atoms with Crippen molar-refractivity contribution in [2.75, 3.05) is 26.9 Å². The third-order valence-corrected chi connectivity index (χ3v) is 4.23. The molecule has 1 aliphatic heterocycles. The smallest absolute Gasteiger partial charge is 0.106 e. The van der Waals surface area contributed by atoms with Crippen LogP contribution in [0.25, 0.3) is 0 Å². The van der Waals surface area contributed by atoms with Crippen molar-refractivity contribution in [3.05, 3.63) is 0 Å². The van der Waals surface area contributed by atoms with Gasteiger partial charge in [-0.25, -0.2) is 0 Å². The molecule has 1 N–H and O–H groups in total. The molecular formula is C13H25NO2. The minimum Gasteiger partial charge on any atom is -0.378 e. The first-order chi connectivity index (χ1) is 7.74. The highest BCUT2D eigenvalue weighted by Crippen LogP contribution is 2.25. The molecule has 1 atom stereocenters. The van der Waals surface area contributed by atoms with Crippen LogP contribution in [-0.2, 0) is 9.47 Å². The molecule has 1 heterocycles. The normalized spacial score (nSPS) is 40.1. The van der Waals surface area contributed by atoms with Crippen LogP contribution in [0.2, 0.25) is 0 Å². The quantitative estimate of drug-likeness (QED) is 0.796. The molecule has 1 aliphatic carbocycles. The molecule has 1 saturated carbocycles. The molecule has 94 valence electrons. The number of ether oxygens (including phenoxy) is 2. The van der Waals surface area contributed by atoms with Crippen LogP contribution in [0.3, 0.4) is 0 Å². The second-order valence-corrected chi connectivity index (χ2v) is 5.53. The molecule has 0 spiro atoms. The Hall–Kier alpha value is -0.120. The van der Waals surface area contributed by atoms with Gasteiger partial charge < -0.3 is 14.8 Å². The zero-order valence-electron chi connectivity index (χ0n) is 10.6. The molecule has 16 heavy (non-hydrogen) atoms.